The molecule has 0 saturated heterocycles. The lowest BCUT2D eigenvalue weighted by molar-refractivity contribution is -0.385. The molecule has 98 valence electrons. The van der Waals surface area contributed by atoms with Crippen LogP contribution in [0.1, 0.15) is 22.8 Å². The van der Waals surface area contributed by atoms with Gasteiger partial charge >= 0.3 is 5.97 Å². The first kappa shape index (κ1) is 14.2. The molecular weight excluding hydrogens is 262 g/mol. The Morgan fingerprint density at radius 2 is 2.17 bits per heavy atom. The first-order chi connectivity index (χ1) is 8.54. The highest BCUT2D eigenvalue weighted by Gasteiger charge is 2.22. The lowest BCUT2D eigenvalue weighted by Gasteiger charge is -2.11. The van der Waals surface area contributed by atoms with Crippen molar-refractivity contribution in [1.82, 2.24) is 0 Å². The SMILES string of the molecule is CCOC(=O)c1c(CCl)cc([N+](=O)[O-])cc1OC. The second-order valence-corrected chi connectivity index (χ2v) is 3.56. The minimum atomic E-state index is -0.611. The van der Waals surface area contributed by atoms with E-state index in [1.165, 1.54) is 19.2 Å². The molecule has 18 heavy (non-hydrogen) atoms. The number of nitro benzene ring substituents is 1. The van der Waals surface area contributed by atoms with E-state index in [2.05, 4.69) is 0 Å². The fourth-order valence-electron chi connectivity index (χ4n) is 1.46. The fraction of sp³-hybridized carbons (Fsp3) is 0.364. The maximum Gasteiger partial charge on any atom is 0.342 e. The van der Waals surface area contributed by atoms with Crippen molar-refractivity contribution in [3.8, 4) is 5.75 Å². The quantitative estimate of drug-likeness (QED) is 0.356. The van der Waals surface area contributed by atoms with Gasteiger partial charge in [-0.25, -0.2) is 4.79 Å². The Kier molecular flexibility index (Phi) is 4.91. The Labute approximate surface area is 109 Å². The van der Waals surface area contributed by atoms with Gasteiger partial charge in [0, 0.05) is 11.9 Å². The molecule has 0 amide bonds. The molecule has 0 aliphatic carbocycles. The molecule has 0 aromatic heterocycles. The first-order valence-corrected chi connectivity index (χ1v) is 5.67. The monoisotopic (exact) mass is 273 g/mol. The number of methoxy groups -OCH3 is 1. The van der Waals surface area contributed by atoms with Crippen LogP contribution in [0.4, 0.5) is 5.69 Å². The zero-order valence-electron chi connectivity index (χ0n) is 9.94. The Bertz CT molecular complexity index is 449. The van der Waals surface area contributed by atoms with E-state index in [4.69, 9.17) is 21.1 Å². The molecule has 1 aromatic carbocycles. The van der Waals surface area contributed by atoms with Gasteiger partial charge in [-0.1, -0.05) is 0 Å². The van der Waals surface area contributed by atoms with Gasteiger partial charge in [0.1, 0.15) is 11.3 Å². The number of rotatable bonds is 5. The Morgan fingerprint density at radius 3 is 2.61 bits per heavy atom. The van der Waals surface area contributed by atoms with Crippen molar-refractivity contribution in [2.45, 2.75) is 12.8 Å². The number of hydrogen-bond acceptors (Lipinski definition) is 5. The number of hydrogen-bond donors (Lipinski definition) is 0. The van der Waals surface area contributed by atoms with Crippen molar-refractivity contribution in [3.05, 3.63) is 33.4 Å². The fourth-order valence-corrected chi connectivity index (χ4v) is 1.67. The zero-order valence-corrected chi connectivity index (χ0v) is 10.7. The summed E-state index contributed by atoms with van der Waals surface area (Å²) in [7, 11) is 1.32. The lowest BCUT2D eigenvalue weighted by Crippen LogP contribution is -2.10. The number of esters is 1. The average Bonchev–Trinajstić information content (AvgIpc) is 2.36. The maximum absolute atomic E-state index is 11.8. The van der Waals surface area contributed by atoms with Crippen LogP contribution in [0.25, 0.3) is 0 Å². The van der Waals surface area contributed by atoms with E-state index < -0.39 is 10.9 Å². The van der Waals surface area contributed by atoms with Gasteiger partial charge in [-0.15, -0.1) is 11.6 Å². The van der Waals surface area contributed by atoms with Crippen molar-refractivity contribution in [3.63, 3.8) is 0 Å². The van der Waals surface area contributed by atoms with Gasteiger partial charge in [-0.3, -0.25) is 10.1 Å². The van der Waals surface area contributed by atoms with Crippen LogP contribution in [0.5, 0.6) is 5.75 Å². The van der Waals surface area contributed by atoms with Crippen LogP contribution in [0.2, 0.25) is 0 Å². The first-order valence-electron chi connectivity index (χ1n) is 5.13. The standard InChI is InChI=1S/C11H12ClNO5/c1-3-18-11(14)10-7(6-12)4-8(13(15)16)5-9(10)17-2/h4-5H,3,6H2,1-2H3. The van der Waals surface area contributed by atoms with E-state index in [0.29, 0.717) is 5.56 Å². The minimum absolute atomic E-state index is 0.0494. The van der Waals surface area contributed by atoms with E-state index in [-0.39, 0.29) is 29.5 Å². The molecule has 0 aliphatic rings. The number of non-ortho nitro benzene ring substituents is 1. The molecular formula is C11H12ClNO5. The lowest BCUT2D eigenvalue weighted by atomic mass is 10.1. The Morgan fingerprint density at radius 1 is 1.50 bits per heavy atom. The zero-order chi connectivity index (χ0) is 13.7. The molecule has 0 fully saturated rings. The Balaban J connectivity index is 3.39. The van der Waals surface area contributed by atoms with Crippen LogP contribution in [-0.2, 0) is 10.6 Å². The van der Waals surface area contributed by atoms with Crippen LogP contribution in [-0.4, -0.2) is 24.6 Å². The highest BCUT2D eigenvalue weighted by atomic mass is 35.5. The molecule has 7 heteroatoms. The molecule has 0 spiro atoms. The van der Waals surface area contributed by atoms with E-state index in [9.17, 15) is 14.9 Å². The summed E-state index contributed by atoms with van der Waals surface area (Å²) in [6, 6.07) is 2.41. The highest BCUT2D eigenvalue weighted by molar-refractivity contribution is 6.17. The van der Waals surface area contributed by atoms with Crippen LogP contribution in [0, 0.1) is 10.1 Å². The molecule has 1 aromatic rings. The number of carbonyl (C=O) groups is 1. The number of nitro groups is 1. The largest absolute Gasteiger partial charge is 0.496 e. The summed E-state index contributed by atoms with van der Waals surface area (Å²) >= 11 is 5.70. The third-order valence-corrected chi connectivity index (χ3v) is 2.51. The highest BCUT2D eigenvalue weighted by Crippen LogP contribution is 2.30. The van der Waals surface area contributed by atoms with Gasteiger partial charge in [0.2, 0.25) is 0 Å². The van der Waals surface area contributed by atoms with E-state index in [0.717, 1.165) is 0 Å². The van der Waals surface area contributed by atoms with Crippen molar-refractivity contribution in [2.75, 3.05) is 13.7 Å². The predicted molar refractivity (Wildman–Crippen MR) is 65.2 cm³/mol. The number of carbonyl (C=O) groups excluding carboxylic acids is 1. The molecule has 0 saturated carbocycles. The summed E-state index contributed by atoms with van der Waals surface area (Å²) in [6.45, 7) is 1.86. The second-order valence-electron chi connectivity index (χ2n) is 3.29. The number of nitrogens with zero attached hydrogens (tertiary/aromatic N) is 1. The third-order valence-electron chi connectivity index (χ3n) is 2.22. The molecule has 0 N–H and O–H groups in total. The third kappa shape index (κ3) is 2.89. The molecule has 0 radical (unpaired) electrons. The summed E-state index contributed by atoms with van der Waals surface area (Å²) in [5.74, 6) is -0.579. The van der Waals surface area contributed by atoms with Crippen molar-refractivity contribution in [2.24, 2.45) is 0 Å². The maximum atomic E-state index is 11.8. The summed E-state index contributed by atoms with van der Waals surface area (Å²) in [4.78, 5) is 21.9. The summed E-state index contributed by atoms with van der Waals surface area (Å²) in [6.07, 6.45) is 0. The van der Waals surface area contributed by atoms with Gasteiger partial charge in [0.05, 0.1) is 24.7 Å². The smallest absolute Gasteiger partial charge is 0.342 e. The van der Waals surface area contributed by atoms with Crippen molar-refractivity contribution in [1.29, 1.82) is 0 Å². The summed E-state index contributed by atoms with van der Waals surface area (Å²) in [5, 5.41) is 10.7. The van der Waals surface area contributed by atoms with E-state index >= 15 is 0 Å². The molecule has 6 nitrogen and oxygen atoms in total. The Hall–Kier alpha value is -1.82. The van der Waals surface area contributed by atoms with E-state index in [1.807, 2.05) is 0 Å². The van der Waals surface area contributed by atoms with Gasteiger partial charge in [0.15, 0.2) is 0 Å². The number of halogens is 1. The van der Waals surface area contributed by atoms with E-state index in [1.54, 1.807) is 6.92 Å². The molecule has 1 rings (SSSR count). The molecule has 0 aliphatic heterocycles. The van der Waals surface area contributed by atoms with Crippen molar-refractivity contribution >= 4 is 23.3 Å². The minimum Gasteiger partial charge on any atom is -0.496 e. The molecule has 0 bridgehead atoms. The average molecular weight is 274 g/mol. The number of ether oxygens (including phenoxy) is 2. The van der Waals surface area contributed by atoms with Crippen LogP contribution in [0.3, 0.4) is 0 Å². The normalized spacial score (nSPS) is 9.94. The van der Waals surface area contributed by atoms with Gasteiger partial charge in [-0.05, 0) is 12.5 Å². The van der Waals surface area contributed by atoms with Gasteiger partial charge in [0.25, 0.3) is 5.69 Å². The summed E-state index contributed by atoms with van der Waals surface area (Å²) < 4.78 is 9.85. The van der Waals surface area contributed by atoms with Gasteiger partial charge in [-0.2, -0.15) is 0 Å². The topological polar surface area (TPSA) is 78.7 Å². The number of alkyl halides is 1. The predicted octanol–water partition coefficient (Wildman–Crippen LogP) is 2.52. The molecule has 0 unspecified atom stereocenters. The summed E-state index contributed by atoms with van der Waals surface area (Å²) in [5.41, 5.74) is 0.247. The molecule has 0 heterocycles. The van der Waals surface area contributed by atoms with Crippen LogP contribution in [0.15, 0.2) is 12.1 Å². The second kappa shape index (κ2) is 6.20. The van der Waals surface area contributed by atoms with Crippen LogP contribution < -0.4 is 4.74 Å². The van der Waals surface area contributed by atoms with Gasteiger partial charge < -0.3 is 9.47 Å². The number of benzene rings is 1. The van der Waals surface area contributed by atoms with Crippen LogP contribution >= 0.6 is 11.6 Å². The molecule has 0 atom stereocenters. The van der Waals surface area contributed by atoms with Crippen molar-refractivity contribution < 1.29 is 19.2 Å².